The van der Waals surface area contributed by atoms with Gasteiger partial charge in [-0.1, -0.05) is 69.5 Å². The van der Waals surface area contributed by atoms with Crippen molar-refractivity contribution in [2.75, 3.05) is 13.3 Å². The van der Waals surface area contributed by atoms with E-state index < -0.39 is 52.6 Å². The van der Waals surface area contributed by atoms with Gasteiger partial charge in [0.2, 0.25) is 12.3 Å². The largest absolute Gasteiger partial charge is 0.493 e. The molecule has 4 aromatic rings. The Morgan fingerprint density at radius 2 is 1.62 bits per heavy atom. The number of ketones is 1. The SMILES string of the molecule is CCCCC[C@@H](C(=O)NCNC(=O)c1ccc(-c2ccc(C(=O)N[C@@H](CC(C)=O)C(=O)OCc3ccccc3)c(OCC)c2)o1)[C@@H](CC)N(C=O)OC(=O)c1ccc([N+](=O)[O-])cc1. The van der Waals surface area contributed by atoms with Gasteiger partial charge < -0.3 is 34.7 Å². The number of ether oxygens (including phenoxy) is 2. The van der Waals surface area contributed by atoms with Crippen LogP contribution in [-0.4, -0.2) is 77.2 Å². The molecule has 3 aromatic carbocycles. The number of nitro groups is 1. The third-order valence-corrected chi connectivity index (χ3v) is 9.73. The average molecular weight is 870 g/mol. The molecule has 0 aliphatic rings. The summed E-state index contributed by atoms with van der Waals surface area (Å²) in [5.41, 5.74) is 0.977. The quantitative estimate of drug-likeness (QED) is 0.0171. The highest BCUT2D eigenvalue weighted by Crippen LogP contribution is 2.30. The lowest BCUT2D eigenvalue weighted by Gasteiger charge is -2.31. The van der Waals surface area contributed by atoms with Gasteiger partial charge in [-0.2, -0.15) is 5.06 Å². The summed E-state index contributed by atoms with van der Waals surface area (Å²) in [4.78, 5) is 106. The van der Waals surface area contributed by atoms with Crippen LogP contribution in [-0.2, 0) is 35.4 Å². The lowest BCUT2D eigenvalue weighted by Crippen LogP contribution is -2.49. The number of carbonyl (C=O) groups excluding carboxylic acids is 7. The fraction of sp³-hybridized carbons (Fsp3) is 0.356. The molecule has 18 heteroatoms. The van der Waals surface area contributed by atoms with Crippen molar-refractivity contribution in [2.24, 2.45) is 5.92 Å². The van der Waals surface area contributed by atoms with E-state index in [1.807, 2.05) is 13.0 Å². The second-order valence-corrected chi connectivity index (χ2v) is 14.3. The van der Waals surface area contributed by atoms with Gasteiger partial charge in [-0.3, -0.25) is 34.1 Å². The molecule has 3 N–H and O–H groups in total. The van der Waals surface area contributed by atoms with Crippen molar-refractivity contribution in [3.63, 3.8) is 0 Å². The predicted octanol–water partition coefficient (Wildman–Crippen LogP) is 6.08. The number of rotatable bonds is 25. The van der Waals surface area contributed by atoms with Crippen LogP contribution in [0.3, 0.4) is 0 Å². The number of Topliss-reactive ketones (excluding diaryl/α,β-unsaturated/α-hetero) is 1. The van der Waals surface area contributed by atoms with Crippen LogP contribution in [0.1, 0.15) is 103 Å². The molecule has 18 nitrogen and oxygen atoms in total. The monoisotopic (exact) mass is 869 g/mol. The number of hydrogen-bond acceptors (Lipinski definition) is 13. The van der Waals surface area contributed by atoms with Gasteiger partial charge in [-0.05, 0) is 68.7 Å². The summed E-state index contributed by atoms with van der Waals surface area (Å²) in [6.45, 7) is 6.54. The Balaban J connectivity index is 1.40. The number of nitrogens with zero attached hydrogens (tertiary/aromatic N) is 2. The molecule has 4 rings (SSSR count). The molecule has 0 bridgehead atoms. The minimum atomic E-state index is -1.25. The third-order valence-electron chi connectivity index (χ3n) is 9.73. The minimum Gasteiger partial charge on any atom is -0.493 e. The van der Waals surface area contributed by atoms with Crippen LogP contribution in [0.15, 0.2) is 89.3 Å². The van der Waals surface area contributed by atoms with Crippen LogP contribution in [0.4, 0.5) is 5.69 Å². The molecule has 0 fully saturated rings. The number of nitro benzene ring substituents is 1. The van der Waals surface area contributed by atoms with E-state index in [0.717, 1.165) is 35.6 Å². The highest BCUT2D eigenvalue weighted by atomic mass is 16.7. The molecule has 63 heavy (non-hydrogen) atoms. The molecule has 3 atom stereocenters. The highest BCUT2D eigenvalue weighted by molar-refractivity contribution is 6.00. The van der Waals surface area contributed by atoms with E-state index >= 15 is 0 Å². The standard InChI is InChI=1S/C45H51N5O13/c1-5-8-10-15-34(37(6-2)49(28-51)63-44(56)31-16-19-33(20-17-31)50(58)59)41(53)46-27-47-43(55)39-23-22-38(62-39)32-18-21-35(40(25-32)60-7-3)42(54)48-36(24-29(4)52)45(57)61-26-30-13-11-9-12-14-30/h9,11-14,16-23,25,28,34,36-37H,5-8,10,15,24,26-27H2,1-4H3,(H,46,53)(H,47,55)(H,48,54)/t34-,36+,37-/m1/s1. The fourth-order valence-electron chi connectivity index (χ4n) is 6.52. The van der Waals surface area contributed by atoms with E-state index in [1.165, 1.54) is 43.3 Å². The van der Waals surface area contributed by atoms with Crippen LogP contribution >= 0.6 is 0 Å². The van der Waals surface area contributed by atoms with E-state index in [0.29, 0.717) is 24.8 Å². The summed E-state index contributed by atoms with van der Waals surface area (Å²) in [5.74, 6) is -4.48. The summed E-state index contributed by atoms with van der Waals surface area (Å²) in [6.07, 6.45) is 2.82. The minimum absolute atomic E-state index is 0.0386. The van der Waals surface area contributed by atoms with Gasteiger partial charge in [0, 0.05) is 24.1 Å². The van der Waals surface area contributed by atoms with Crippen molar-refractivity contribution in [2.45, 2.75) is 84.9 Å². The first kappa shape index (κ1) is 48.3. The lowest BCUT2D eigenvalue weighted by atomic mass is 9.90. The number of hydrogen-bond donors (Lipinski definition) is 3. The Kier molecular flexibility index (Phi) is 18.5. The Morgan fingerprint density at radius 1 is 0.889 bits per heavy atom. The van der Waals surface area contributed by atoms with Gasteiger partial charge in [0.05, 0.1) is 41.3 Å². The normalized spacial score (nSPS) is 12.1. The van der Waals surface area contributed by atoms with Gasteiger partial charge in [-0.25, -0.2) is 9.59 Å². The number of hydroxylamine groups is 2. The molecule has 0 saturated carbocycles. The molecule has 0 aliphatic heterocycles. The van der Waals surface area contributed by atoms with Crippen LogP contribution in [0.5, 0.6) is 5.75 Å². The second-order valence-electron chi connectivity index (χ2n) is 14.3. The summed E-state index contributed by atoms with van der Waals surface area (Å²) >= 11 is 0. The molecular weight excluding hydrogens is 819 g/mol. The molecule has 0 spiro atoms. The van der Waals surface area contributed by atoms with E-state index in [-0.39, 0.29) is 72.6 Å². The van der Waals surface area contributed by atoms with Crippen molar-refractivity contribution in [1.82, 2.24) is 21.0 Å². The number of benzene rings is 3. The summed E-state index contributed by atoms with van der Waals surface area (Å²) in [7, 11) is 0. The fourth-order valence-corrected chi connectivity index (χ4v) is 6.52. The maximum atomic E-state index is 13.6. The number of nitrogens with one attached hydrogen (secondary N) is 3. The molecule has 0 unspecified atom stereocenters. The first-order chi connectivity index (χ1) is 30.3. The van der Waals surface area contributed by atoms with Crippen molar-refractivity contribution in [3.8, 4) is 17.1 Å². The molecular formula is C45H51N5O13. The number of unbranched alkanes of at least 4 members (excludes halogenated alkanes) is 2. The van der Waals surface area contributed by atoms with Crippen molar-refractivity contribution in [3.05, 3.63) is 117 Å². The van der Waals surface area contributed by atoms with Crippen LogP contribution in [0.2, 0.25) is 0 Å². The van der Waals surface area contributed by atoms with Crippen LogP contribution in [0.25, 0.3) is 11.3 Å². The van der Waals surface area contributed by atoms with Crippen molar-refractivity contribution >= 4 is 47.5 Å². The van der Waals surface area contributed by atoms with Gasteiger partial charge in [0.15, 0.2) is 5.76 Å². The molecule has 4 amide bonds. The summed E-state index contributed by atoms with van der Waals surface area (Å²) in [5, 5.41) is 19.6. The predicted molar refractivity (Wildman–Crippen MR) is 227 cm³/mol. The lowest BCUT2D eigenvalue weighted by molar-refractivity contribution is -0.384. The first-order valence-electron chi connectivity index (χ1n) is 20.4. The van der Waals surface area contributed by atoms with E-state index in [1.54, 1.807) is 44.2 Å². The maximum absolute atomic E-state index is 13.6. The summed E-state index contributed by atoms with van der Waals surface area (Å²) < 4.78 is 17.0. The molecule has 0 radical (unpaired) electrons. The Morgan fingerprint density at radius 3 is 2.25 bits per heavy atom. The number of esters is 1. The van der Waals surface area contributed by atoms with E-state index in [4.69, 9.17) is 18.7 Å². The molecule has 1 heterocycles. The zero-order valence-electron chi connectivity index (χ0n) is 35.5. The Labute approximate surface area is 363 Å². The number of furan rings is 1. The first-order valence-corrected chi connectivity index (χ1v) is 20.4. The van der Waals surface area contributed by atoms with E-state index in [2.05, 4.69) is 16.0 Å². The van der Waals surface area contributed by atoms with Crippen molar-refractivity contribution in [1.29, 1.82) is 0 Å². The van der Waals surface area contributed by atoms with Gasteiger partial charge >= 0.3 is 11.9 Å². The van der Waals surface area contributed by atoms with Crippen LogP contribution < -0.4 is 20.7 Å². The number of carbonyl (C=O) groups is 7. The zero-order valence-corrected chi connectivity index (χ0v) is 35.5. The van der Waals surface area contributed by atoms with Crippen LogP contribution in [0, 0.1) is 16.0 Å². The maximum Gasteiger partial charge on any atom is 0.363 e. The molecule has 0 aliphatic carbocycles. The summed E-state index contributed by atoms with van der Waals surface area (Å²) in [6, 6.07) is 19.0. The van der Waals surface area contributed by atoms with E-state index in [9.17, 15) is 43.7 Å². The Hall–Kier alpha value is -7.37. The number of amides is 4. The molecule has 1 aromatic heterocycles. The van der Waals surface area contributed by atoms with Gasteiger partial charge in [0.25, 0.3) is 17.5 Å². The third kappa shape index (κ3) is 14.1. The molecule has 334 valence electrons. The van der Waals surface area contributed by atoms with Gasteiger partial charge in [0.1, 0.15) is 29.9 Å². The molecule has 0 saturated heterocycles. The topological polar surface area (TPSA) is 243 Å². The zero-order chi connectivity index (χ0) is 45.9. The highest BCUT2D eigenvalue weighted by Gasteiger charge is 2.34. The Bertz CT molecular complexity index is 2230. The smallest absolute Gasteiger partial charge is 0.363 e. The average Bonchev–Trinajstić information content (AvgIpc) is 3.78. The second kappa shape index (κ2) is 24.2. The van der Waals surface area contributed by atoms with Crippen molar-refractivity contribution < 1.29 is 57.2 Å². The van der Waals surface area contributed by atoms with Gasteiger partial charge in [-0.15, -0.1) is 0 Å². The number of non-ortho nitro benzene ring substituents is 1.